The average Bonchev–Trinajstić information content (AvgIpc) is 2.86. The quantitative estimate of drug-likeness (QED) is 0.842. The Morgan fingerprint density at radius 1 is 1.37 bits per heavy atom. The number of hydrogen-bond acceptors (Lipinski definition) is 2. The third-order valence-corrected chi connectivity index (χ3v) is 3.81. The summed E-state index contributed by atoms with van der Waals surface area (Å²) in [6.07, 6.45) is 5.28. The lowest BCUT2D eigenvalue weighted by Gasteiger charge is -2.11. The normalized spacial score (nSPS) is 15.7. The number of nitrogens with one attached hydrogen (secondary N) is 1. The molecular weight excluding hydrogens is 306 g/mol. The number of rotatable bonds is 5. The van der Waals surface area contributed by atoms with E-state index >= 15 is 0 Å². The van der Waals surface area contributed by atoms with Crippen molar-refractivity contribution in [1.29, 1.82) is 0 Å². The van der Waals surface area contributed by atoms with Gasteiger partial charge in [0.25, 0.3) is 5.91 Å². The SMILES string of the molecule is Cc1cc(Br)cc(C(=O)NCCOC2CCCC2)c1. The number of carbonyl (C=O) groups is 1. The van der Waals surface area contributed by atoms with Crippen LogP contribution in [-0.4, -0.2) is 25.2 Å². The van der Waals surface area contributed by atoms with Crippen molar-refractivity contribution in [2.24, 2.45) is 0 Å². The predicted octanol–water partition coefficient (Wildman–Crippen LogP) is 3.45. The molecule has 4 heteroatoms. The van der Waals surface area contributed by atoms with Gasteiger partial charge in [0.1, 0.15) is 0 Å². The van der Waals surface area contributed by atoms with Gasteiger partial charge in [0.15, 0.2) is 0 Å². The number of benzene rings is 1. The summed E-state index contributed by atoms with van der Waals surface area (Å²) < 4.78 is 6.64. The first-order valence-corrected chi connectivity index (χ1v) is 7.61. The molecule has 0 atom stereocenters. The van der Waals surface area contributed by atoms with E-state index in [0.717, 1.165) is 10.0 Å². The van der Waals surface area contributed by atoms with Gasteiger partial charge >= 0.3 is 0 Å². The topological polar surface area (TPSA) is 38.3 Å². The fourth-order valence-corrected chi connectivity index (χ4v) is 3.02. The molecule has 0 saturated heterocycles. The molecule has 1 aromatic carbocycles. The predicted molar refractivity (Wildman–Crippen MR) is 79.4 cm³/mol. The van der Waals surface area contributed by atoms with Gasteiger partial charge in [-0.2, -0.15) is 0 Å². The largest absolute Gasteiger partial charge is 0.376 e. The first-order chi connectivity index (χ1) is 9.15. The van der Waals surface area contributed by atoms with E-state index in [1.807, 2.05) is 25.1 Å². The van der Waals surface area contributed by atoms with Gasteiger partial charge in [-0.3, -0.25) is 4.79 Å². The van der Waals surface area contributed by atoms with Crippen LogP contribution in [0.4, 0.5) is 0 Å². The number of ether oxygens (including phenoxy) is 1. The van der Waals surface area contributed by atoms with Crippen molar-refractivity contribution in [1.82, 2.24) is 5.32 Å². The maximum Gasteiger partial charge on any atom is 0.251 e. The summed E-state index contributed by atoms with van der Waals surface area (Å²) in [7, 11) is 0. The Kier molecular flexibility index (Phi) is 5.40. The van der Waals surface area contributed by atoms with Gasteiger partial charge in [0.05, 0.1) is 12.7 Å². The Bertz CT molecular complexity index is 422. The standard InChI is InChI=1S/C15H20BrNO2/c1-11-8-12(10-13(16)9-11)15(18)17-6-7-19-14-4-2-3-5-14/h8-10,14H,2-7H2,1H3,(H,17,18). The van der Waals surface area contributed by atoms with Gasteiger partial charge in [-0.25, -0.2) is 0 Å². The Hall–Kier alpha value is -0.870. The molecule has 19 heavy (non-hydrogen) atoms. The van der Waals surface area contributed by atoms with E-state index in [-0.39, 0.29) is 5.91 Å². The van der Waals surface area contributed by atoms with Crippen LogP contribution in [0.15, 0.2) is 22.7 Å². The molecule has 0 unspecified atom stereocenters. The Labute approximate surface area is 122 Å². The van der Waals surface area contributed by atoms with Crippen LogP contribution in [0.1, 0.15) is 41.6 Å². The van der Waals surface area contributed by atoms with E-state index in [9.17, 15) is 4.79 Å². The van der Waals surface area contributed by atoms with E-state index in [4.69, 9.17) is 4.74 Å². The number of halogens is 1. The van der Waals surface area contributed by atoms with Crippen molar-refractivity contribution in [2.75, 3.05) is 13.2 Å². The number of amides is 1. The highest BCUT2D eigenvalue weighted by molar-refractivity contribution is 9.10. The monoisotopic (exact) mass is 325 g/mol. The van der Waals surface area contributed by atoms with E-state index in [1.165, 1.54) is 25.7 Å². The third-order valence-electron chi connectivity index (χ3n) is 3.35. The molecule has 3 nitrogen and oxygen atoms in total. The summed E-state index contributed by atoms with van der Waals surface area (Å²) in [4.78, 5) is 12.0. The van der Waals surface area contributed by atoms with Crippen LogP contribution in [0.25, 0.3) is 0 Å². The molecule has 0 aliphatic heterocycles. The zero-order valence-corrected chi connectivity index (χ0v) is 12.8. The second kappa shape index (κ2) is 7.06. The van der Waals surface area contributed by atoms with Gasteiger partial charge in [-0.05, 0) is 43.5 Å². The van der Waals surface area contributed by atoms with Crippen LogP contribution < -0.4 is 5.32 Å². The summed E-state index contributed by atoms with van der Waals surface area (Å²) in [5, 5.41) is 2.89. The molecule has 0 bridgehead atoms. The van der Waals surface area contributed by atoms with Gasteiger partial charge in [-0.1, -0.05) is 28.8 Å². The van der Waals surface area contributed by atoms with Crippen LogP contribution in [-0.2, 0) is 4.74 Å². The molecule has 1 fully saturated rings. The van der Waals surface area contributed by atoms with Crippen LogP contribution in [0.3, 0.4) is 0 Å². The first kappa shape index (κ1) is 14.5. The van der Waals surface area contributed by atoms with E-state index in [1.54, 1.807) is 0 Å². The molecule has 1 aliphatic carbocycles. The zero-order chi connectivity index (χ0) is 13.7. The van der Waals surface area contributed by atoms with Crippen molar-refractivity contribution in [2.45, 2.75) is 38.7 Å². The smallest absolute Gasteiger partial charge is 0.251 e. The van der Waals surface area contributed by atoms with Crippen molar-refractivity contribution >= 4 is 21.8 Å². The molecule has 0 heterocycles. The number of hydrogen-bond donors (Lipinski definition) is 1. The maximum absolute atomic E-state index is 12.0. The molecule has 1 aliphatic rings. The fraction of sp³-hybridized carbons (Fsp3) is 0.533. The van der Waals surface area contributed by atoms with Crippen LogP contribution in [0.2, 0.25) is 0 Å². The first-order valence-electron chi connectivity index (χ1n) is 6.82. The van der Waals surface area contributed by atoms with Crippen molar-refractivity contribution < 1.29 is 9.53 Å². The van der Waals surface area contributed by atoms with Crippen LogP contribution in [0, 0.1) is 6.92 Å². The van der Waals surface area contributed by atoms with Crippen molar-refractivity contribution in [3.63, 3.8) is 0 Å². The molecule has 0 aromatic heterocycles. The van der Waals surface area contributed by atoms with Crippen LogP contribution >= 0.6 is 15.9 Å². The molecule has 2 rings (SSSR count). The molecular formula is C15H20BrNO2. The Morgan fingerprint density at radius 2 is 2.11 bits per heavy atom. The molecule has 1 aromatic rings. The van der Waals surface area contributed by atoms with Crippen molar-refractivity contribution in [3.8, 4) is 0 Å². The summed E-state index contributed by atoms with van der Waals surface area (Å²) >= 11 is 3.40. The van der Waals surface area contributed by atoms with E-state index in [0.29, 0.717) is 24.8 Å². The van der Waals surface area contributed by atoms with Gasteiger partial charge in [0.2, 0.25) is 0 Å². The maximum atomic E-state index is 12.0. The van der Waals surface area contributed by atoms with Crippen LogP contribution in [0.5, 0.6) is 0 Å². The van der Waals surface area contributed by atoms with E-state index in [2.05, 4.69) is 21.2 Å². The van der Waals surface area contributed by atoms with E-state index < -0.39 is 0 Å². The third kappa shape index (κ3) is 4.62. The van der Waals surface area contributed by atoms with Gasteiger partial charge < -0.3 is 10.1 Å². The number of aryl methyl sites for hydroxylation is 1. The minimum Gasteiger partial charge on any atom is -0.376 e. The fourth-order valence-electron chi connectivity index (χ4n) is 2.41. The lowest BCUT2D eigenvalue weighted by atomic mass is 10.1. The number of carbonyl (C=O) groups excluding carboxylic acids is 1. The molecule has 104 valence electrons. The highest BCUT2D eigenvalue weighted by atomic mass is 79.9. The lowest BCUT2D eigenvalue weighted by molar-refractivity contribution is 0.0582. The lowest BCUT2D eigenvalue weighted by Crippen LogP contribution is -2.28. The highest BCUT2D eigenvalue weighted by Gasteiger charge is 2.15. The molecule has 0 spiro atoms. The highest BCUT2D eigenvalue weighted by Crippen LogP contribution is 2.20. The molecule has 1 saturated carbocycles. The molecule has 1 amide bonds. The summed E-state index contributed by atoms with van der Waals surface area (Å²) in [6, 6.07) is 5.71. The summed E-state index contributed by atoms with van der Waals surface area (Å²) in [5.41, 5.74) is 1.76. The average molecular weight is 326 g/mol. The molecule has 1 N–H and O–H groups in total. The second-order valence-electron chi connectivity index (χ2n) is 5.05. The molecule has 0 radical (unpaired) electrons. The Balaban J connectivity index is 1.74. The minimum absolute atomic E-state index is 0.0422. The zero-order valence-electron chi connectivity index (χ0n) is 11.2. The van der Waals surface area contributed by atoms with Crippen molar-refractivity contribution in [3.05, 3.63) is 33.8 Å². The summed E-state index contributed by atoms with van der Waals surface area (Å²) in [6.45, 7) is 3.15. The van der Waals surface area contributed by atoms with Gasteiger partial charge in [-0.15, -0.1) is 0 Å². The van der Waals surface area contributed by atoms with Gasteiger partial charge in [0, 0.05) is 16.6 Å². The minimum atomic E-state index is -0.0422. The second-order valence-corrected chi connectivity index (χ2v) is 5.97. The Morgan fingerprint density at radius 3 is 2.79 bits per heavy atom. The summed E-state index contributed by atoms with van der Waals surface area (Å²) in [5.74, 6) is -0.0422.